The van der Waals surface area contributed by atoms with Crippen molar-refractivity contribution in [2.24, 2.45) is 5.41 Å². The molecule has 3 saturated heterocycles. The lowest BCUT2D eigenvalue weighted by Gasteiger charge is -2.61. The second kappa shape index (κ2) is 6.40. The first-order valence-electron chi connectivity index (χ1n) is 9.15. The molecule has 1 aromatic rings. The van der Waals surface area contributed by atoms with Crippen molar-refractivity contribution in [3.05, 3.63) is 17.7 Å². The molecule has 3 aliphatic rings. The molecule has 3 aliphatic heterocycles. The Hall–Kier alpha value is -1.23. The average molecular weight is 402 g/mol. The quantitative estimate of drug-likeness (QED) is 0.758. The van der Waals surface area contributed by atoms with Gasteiger partial charge in [0.05, 0.1) is 11.9 Å². The Balaban J connectivity index is 1.40. The molecule has 10 heteroatoms. The second-order valence-corrected chi connectivity index (χ2v) is 9.96. The monoisotopic (exact) mass is 402 g/mol. The van der Waals surface area contributed by atoms with Crippen LogP contribution in [0.4, 0.5) is 8.78 Å². The highest BCUT2D eigenvalue weighted by Gasteiger charge is 2.56. The molecule has 4 heterocycles. The van der Waals surface area contributed by atoms with Crippen molar-refractivity contribution in [1.82, 2.24) is 19.2 Å². The van der Waals surface area contributed by atoms with E-state index in [1.807, 2.05) is 0 Å². The van der Waals surface area contributed by atoms with E-state index >= 15 is 0 Å². The van der Waals surface area contributed by atoms with Gasteiger partial charge in [0.15, 0.2) is 5.82 Å². The Morgan fingerprint density at radius 3 is 2.41 bits per heavy atom. The standard InChI is InChI=1S/C17H24F2N4O3S/c1-12-14(7-20-15(21-12)16(2,18)19)27(24,25)23-10-17(11-23)8-22(9-17)13-3-5-26-6-4-13/h7,13H,3-6,8-11H2,1-2H3. The number of likely N-dealkylation sites (tertiary alicyclic amines) is 1. The van der Waals surface area contributed by atoms with Crippen molar-refractivity contribution in [2.45, 2.75) is 43.5 Å². The molecule has 0 N–H and O–H groups in total. The number of hydrogen-bond acceptors (Lipinski definition) is 6. The van der Waals surface area contributed by atoms with Crippen molar-refractivity contribution >= 4 is 10.0 Å². The van der Waals surface area contributed by atoms with Gasteiger partial charge in [0.1, 0.15) is 4.90 Å². The van der Waals surface area contributed by atoms with Crippen LogP contribution in [0.25, 0.3) is 0 Å². The SMILES string of the molecule is Cc1nc(C(C)(F)F)ncc1S(=O)(=O)N1CC2(CN(C3CCOCC3)C2)C1. The summed E-state index contributed by atoms with van der Waals surface area (Å²) in [6.07, 6.45) is 3.07. The van der Waals surface area contributed by atoms with Crippen LogP contribution < -0.4 is 0 Å². The number of nitrogens with zero attached hydrogens (tertiary/aromatic N) is 4. The fourth-order valence-electron chi connectivity index (χ4n) is 4.26. The summed E-state index contributed by atoms with van der Waals surface area (Å²) in [6, 6.07) is 0.536. The van der Waals surface area contributed by atoms with Gasteiger partial charge in [-0.15, -0.1) is 0 Å². The number of aryl methyl sites for hydroxylation is 1. The lowest BCUT2D eigenvalue weighted by atomic mass is 9.73. The van der Waals surface area contributed by atoms with Gasteiger partial charge in [-0.3, -0.25) is 4.90 Å². The molecule has 0 radical (unpaired) electrons. The lowest BCUT2D eigenvalue weighted by Crippen LogP contribution is -2.74. The van der Waals surface area contributed by atoms with Crippen molar-refractivity contribution in [1.29, 1.82) is 0 Å². The first kappa shape index (κ1) is 19.1. The molecule has 0 aliphatic carbocycles. The van der Waals surface area contributed by atoms with Crippen LogP contribution in [0.1, 0.15) is 31.3 Å². The number of alkyl halides is 2. The first-order chi connectivity index (χ1) is 12.6. The highest BCUT2D eigenvalue weighted by Crippen LogP contribution is 2.44. The molecular weight excluding hydrogens is 378 g/mol. The third-order valence-electron chi connectivity index (χ3n) is 5.75. The number of rotatable bonds is 4. The van der Waals surface area contributed by atoms with Crippen LogP contribution in [0.15, 0.2) is 11.1 Å². The van der Waals surface area contributed by atoms with Gasteiger partial charge in [-0.25, -0.2) is 18.4 Å². The van der Waals surface area contributed by atoms with Crippen molar-refractivity contribution in [2.75, 3.05) is 39.4 Å². The molecule has 0 aromatic carbocycles. The van der Waals surface area contributed by atoms with Crippen LogP contribution in [0.2, 0.25) is 0 Å². The summed E-state index contributed by atoms with van der Waals surface area (Å²) in [5.74, 6) is -3.86. The van der Waals surface area contributed by atoms with E-state index < -0.39 is 21.8 Å². The van der Waals surface area contributed by atoms with E-state index in [-0.39, 0.29) is 16.0 Å². The van der Waals surface area contributed by atoms with Crippen molar-refractivity contribution in [3.8, 4) is 0 Å². The zero-order valence-corrected chi connectivity index (χ0v) is 16.3. The molecule has 27 heavy (non-hydrogen) atoms. The predicted molar refractivity (Wildman–Crippen MR) is 92.9 cm³/mol. The maximum Gasteiger partial charge on any atom is 0.303 e. The normalized spacial score (nSPS) is 24.6. The van der Waals surface area contributed by atoms with Crippen LogP contribution in [0.3, 0.4) is 0 Å². The highest BCUT2D eigenvalue weighted by molar-refractivity contribution is 7.89. The van der Waals surface area contributed by atoms with E-state index in [2.05, 4.69) is 14.9 Å². The zero-order chi connectivity index (χ0) is 19.4. The molecular formula is C17H24F2N4O3S. The molecule has 0 amide bonds. The van der Waals surface area contributed by atoms with Gasteiger partial charge in [0.2, 0.25) is 10.0 Å². The van der Waals surface area contributed by atoms with Crippen LogP contribution in [0, 0.1) is 12.3 Å². The van der Waals surface area contributed by atoms with E-state index in [1.54, 1.807) is 0 Å². The summed E-state index contributed by atoms with van der Waals surface area (Å²) in [7, 11) is -3.76. The zero-order valence-electron chi connectivity index (χ0n) is 15.5. The molecule has 7 nitrogen and oxygen atoms in total. The second-order valence-electron chi connectivity index (χ2n) is 8.05. The third kappa shape index (κ3) is 3.37. The van der Waals surface area contributed by atoms with E-state index in [9.17, 15) is 17.2 Å². The predicted octanol–water partition coefficient (Wildman–Crippen LogP) is 1.38. The highest BCUT2D eigenvalue weighted by atomic mass is 32.2. The van der Waals surface area contributed by atoms with Crippen LogP contribution in [-0.4, -0.2) is 73.0 Å². The Labute approximate surface area is 157 Å². The smallest absolute Gasteiger partial charge is 0.303 e. The maximum atomic E-state index is 13.3. The van der Waals surface area contributed by atoms with E-state index in [4.69, 9.17) is 4.74 Å². The molecule has 0 unspecified atom stereocenters. The van der Waals surface area contributed by atoms with Gasteiger partial charge in [0.25, 0.3) is 0 Å². The van der Waals surface area contributed by atoms with E-state index in [0.29, 0.717) is 26.1 Å². The average Bonchev–Trinajstić information content (AvgIpc) is 2.52. The number of hydrogen-bond donors (Lipinski definition) is 0. The number of sulfonamides is 1. The Kier molecular flexibility index (Phi) is 4.53. The number of aromatic nitrogens is 2. The van der Waals surface area contributed by atoms with Gasteiger partial charge in [-0.2, -0.15) is 13.1 Å². The van der Waals surface area contributed by atoms with Crippen molar-refractivity contribution in [3.63, 3.8) is 0 Å². The molecule has 0 atom stereocenters. The number of ether oxygens (including phenoxy) is 1. The first-order valence-corrected chi connectivity index (χ1v) is 10.6. The fraction of sp³-hybridized carbons (Fsp3) is 0.765. The minimum atomic E-state index is -3.76. The van der Waals surface area contributed by atoms with Gasteiger partial charge in [0, 0.05) is 57.8 Å². The summed E-state index contributed by atoms with van der Waals surface area (Å²) < 4.78 is 59.2. The van der Waals surface area contributed by atoms with Gasteiger partial charge in [-0.1, -0.05) is 0 Å². The van der Waals surface area contributed by atoms with Crippen LogP contribution >= 0.6 is 0 Å². The minimum Gasteiger partial charge on any atom is -0.381 e. The fourth-order valence-corrected chi connectivity index (χ4v) is 6.03. The van der Waals surface area contributed by atoms with Gasteiger partial charge in [-0.05, 0) is 19.8 Å². The van der Waals surface area contributed by atoms with Crippen molar-refractivity contribution < 1.29 is 21.9 Å². The van der Waals surface area contributed by atoms with Gasteiger partial charge >= 0.3 is 5.92 Å². The summed E-state index contributed by atoms with van der Waals surface area (Å²) in [5.41, 5.74) is 0.0798. The lowest BCUT2D eigenvalue weighted by molar-refractivity contribution is -0.116. The largest absolute Gasteiger partial charge is 0.381 e. The van der Waals surface area contributed by atoms with Crippen LogP contribution in [-0.2, 0) is 20.7 Å². The molecule has 4 rings (SSSR count). The summed E-state index contributed by atoms with van der Waals surface area (Å²) in [6.45, 7) is 6.42. The molecule has 1 aromatic heterocycles. The summed E-state index contributed by atoms with van der Waals surface area (Å²) in [4.78, 5) is 9.61. The molecule has 3 fully saturated rings. The van der Waals surface area contributed by atoms with E-state index in [0.717, 1.165) is 45.3 Å². The molecule has 0 bridgehead atoms. The number of halogens is 2. The summed E-state index contributed by atoms with van der Waals surface area (Å²) in [5, 5.41) is 0. The van der Waals surface area contributed by atoms with E-state index in [1.165, 1.54) is 11.2 Å². The molecule has 1 spiro atoms. The molecule has 150 valence electrons. The topological polar surface area (TPSA) is 75.6 Å². The summed E-state index contributed by atoms with van der Waals surface area (Å²) >= 11 is 0. The van der Waals surface area contributed by atoms with Crippen LogP contribution in [0.5, 0.6) is 0 Å². The minimum absolute atomic E-state index is 0.0243. The van der Waals surface area contributed by atoms with Gasteiger partial charge < -0.3 is 4.74 Å². The Morgan fingerprint density at radius 1 is 1.22 bits per heavy atom. The Morgan fingerprint density at radius 2 is 1.85 bits per heavy atom. The Bertz CT molecular complexity index is 823. The maximum absolute atomic E-state index is 13.3. The third-order valence-corrected chi connectivity index (χ3v) is 7.65. The molecule has 0 saturated carbocycles.